The minimum Gasteiger partial charge on any atom is -0.497 e. The van der Waals surface area contributed by atoms with Gasteiger partial charge in [0.05, 0.1) is 25.1 Å². The molecule has 0 radical (unpaired) electrons. The van der Waals surface area contributed by atoms with Crippen LogP contribution >= 0.6 is 0 Å². The van der Waals surface area contributed by atoms with Gasteiger partial charge in [-0.1, -0.05) is 6.07 Å². The maximum atomic E-state index is 12.7. The van der Waals surface area contributed by atoms with Gasteiger partial charge in [0.2, 0.25) is 0 Å². The summed E-state index contributed by atoms with van der Waals surface area (Å²) in [6.45, 7) is 2.15. The highest BCUT2D eigenvalue weighted by atomic mass is 16.5. The number of aromatic nitrogens is 1. The van der Waals surface area contributed by atoms with Gasteiger partial charge in [0.25, 0.3) is 11.8 Å². The van der Waals surface area contributed by atoms with Crippen molar-refractivity contribution in [3.63, 3.8) is 0 Å². The Morgan fingerprint density at radius 3 is 2.66 bits per heavy atom. The summed E-state index contributed by atoms with van der Waals surface area (Å²) in [5.41, 5.74) is 6.08. The molecule has 32 heavy (non-hydrogen) atoms. The number of hydrogen-bond donors (Lipinski definition) is 2. The number of carbonyl (C=O) groups is 2. The van der Waals surface area contributed by atoms with Crippen molar-refractivity contribution in [2.24, 2.45) is 5.10 Å². The first-order chi connectivity index (χ1) is 15.6. The Labute approximate surface area is 185 Å². The number of nitrogens with one attached hydrogen (secondary N) is 2. The quantitative estimate of drug-likeness (QED) is 0.581. The van der Waals surface area contributed by atoms with Gasteiger partial charge in [-0.3, -0.25) is 14.6 Å². The molecule has 2 heterocycles. The molecule has 0 atom stereocenters. The van der Waals surface area contributed by atoms with Gasteiger partial charge in [-0.05, 0) is 56.2 Å². The summed E-state index contributed by atoms with van der Waals surface area (Å²) in [4.78, 5) is 29.4. The van der Waals surface area contributed by atoms with Gasteiger partial charge in [-0.15, -0.1) is 0 Å². The van der Waals surface area contributed by atoms with E-state index in [1.54, 1.807) is 37.6 Å². The lowest BCUT2D eigenvalue weighted by Crippen LogP contribution is -2.24. The Bertz CT molecular complexity index is 1150. The smallest absolute Gasteiger partial charge is 0.287 e. The summed E-state index contributed by atoms with van der Waals surface area (Å²) in [6, 6.07) is 12.3. The third kappa shape index (κ3) is 4.54. The van der Waals surface area contributed by atoms with Crippen LogP contribution in [0.15, 0.2) is 58.2 Å². The molecule has 0 fully saturated rings. The van der Waals surface area contributed by atoms with Crippen molar-refractivity contribution in [1.82, 2.24) is 15.7 Å². The Balaban J connectivity index is 1.49. The van der Waals surface area contributed by atoms with Crippen molar-refractivity contribution in [3.8, 4) is 5.75 Å². The third-order valence-electron chi connectivity index (χ3n) is 5.33. The second kappa shape index (κ2) is 9.47. The molecule has 164 valence electrons. The fourth-order valence-corrected chi connectivity index (χ4v) is 3.68. The number of rotatable bonds is 6. The van der Waals surface area contributed by atoms with Gasteiger partial charge in [0.1, 0.15) is 11.5 Å². The largest absolute Gasteiger partial charge is 0.497 e. The fraction of sp³-hybridized carbons (Fsp3) is 0.250. The summed E-state index contributed by atoms with van der Waals surface area (Å²) >= 11 is 0. The number of benzene rings is 1. The van der Waals surface area contributed by atoms with Crippen LogP contribution < -0.4 is 15.5 Å². The van der Waals surface area contributed by atoms with Gasteiger partial charge in [0.15, 0.2) is 5.76 Å². The molecule has 1 aliphatic carbocycles. The maximum Gasteiger partial charge on any atom is 0.287 e. The number of methoxy groups -OCH3 is 1. The van der Waals surface area contributed by atoms with Crippen molar-refractivity contribution in [2.75, 3.05) is 7.11 Å². The first-order valence-corrected chi connectivity index (χ1v) is 10.4. The molecule has 0 aliphatic heterocycles. The van der Waals surface area contributed by atoms with Gasteiger partial charge in [-0.25, -0.2) is 5.43 Å². The van der Waals surface area contributed by atoms with E-state index in [1.807, 2.05) is 25.1 Å². The second-order valence-electron chi connectivity index (χ2n) is 7.44. The number of amides is 2. The van der Waals surface area contributed by atoms with E-state index in [2.05, 4.69) is 20.8 Å². The van der Waals surface area contributed by atoms with Crippen molar-refractivity contribution >= 4 is 17.5 Å². The molecule has 0 bridgehead atoms. The number of pyridine rings is 1. The zero-order chi connectivity index (χ0) is 22.5. The average molecular weight is 432 g/mol. The lowest BCUT2D eigenvalue weighted by atomic mass is 9.93. The number of furan rings is 1. The first kappa shape index (κ1) is 21.3. The normalized spacial score (nSPS) is 14.0. The van der Waals surface area contributed by atoms with Crippen LogP contribution in [-0.2, 0) is 13.0 Å². The van der Waals surface area contributed by atoms with E-state index in [-0.39, 0.29) is 17.6 Å². The highest BCUT2D eigenvalue weighted by Crippen LogP contribution is 2.30. The summed E-state index contributed by atoms with van der Waals surface area (Å²) in [5, 5.41) is 7.20. The van der Waals surface area contributed by atoms with Crippen LogP contribution in [0.1, 0.15) is 56.3 Å². The average Bonchev–Trinajstić information content (AvgIpc) is 3.19. The van der Waals surface area contributed by atoms with Crippen LogP contribution in [0.25, 0.3) is 0 Å². The molecule has 2 amide bonds. The highest BCUT2D eigenvalue weighted by Gasteiger charge is 2.28. The van der Waals surface area contributed by atoms with E-state index in [0.29, 0.717) is 35.8 Å². The lowest BCUT2D eigenvalue weighted by Gasteiger charge is -2.13. The molecule has 0 saturated carbocycles. The molecule has 8 nitrogen and oxygen atoms in total. The molecular formula is C24H24N4O4. The van der Waals surface area contributed by atoms with Crippen molar-refractivity contribution in [3.05, 3.63) is 82.6 Å². The van der Waals surface area contributed by atoms with Crippen LogP contribution in [0.4, 0.5) is 0 Å². The van der Waals surface area contributed by atoms with Gasteiger partial charge in [0, 0.05) is 29.3 Å². The highest BCUT2D eigenvalue weighted by molar-refractivity contribution is 6.07. The monoisotopic (exact) mass is 432 g/mol. The predicted molar refractivity (Wildman–Crippen MR) is 119 cm³/mol. The topological polar surface area (TPSA) is 106 Å². The van der Waals surface area contributed by atoms with E-state index >= 15 is 0 Å². The minimum absolute atomic E-state index is 0.266. The fourth-order valence-electron chi connectivity index (χ4n) is 3.68. The van der Waals surface area contributed by atoms with E-state index < -0.39 is 0 Å². The second-order valence-corrected chi connectivity index (χ2v) is 7.44. The molecule has 2 N–H and O–H groups in total. The Hall–Kier alpha value is -3.94. The molecule has 3 aromatic rings. The lowest BCUT2D eigenvalue weighted by molar-refractivity contribution is 0.0918. The molecule has 8 heteroatoms. The zero-order valence-corrected chi connectivity index (χ0v) is 18.0. The van der Waals surface area contributed by atoms with Crippen LogP contribution in [0.5, 0.6) is 5.75 Å². The Kier molecular flexibility index (Phi) is 6.30. The Morgan fingerprint density at radius 1 is 1.12 bits per heavy atom. The predicted octanol–water partition coefficient (Wildman–Crippen LogP) is 3.39. The third-order valence-corrected chi connectivity index (χ3v) is 5.33. The number of hydrazone groups is 1. The van der Waals surface area contributed by atoms with E-state index in [0.717, 1.165) is 29.7 Å². The van der Waals surface area contributed by atoms with Crippen LogP contribution in [0, 0.1) is 6.92 Å². The maximum absolute atomic E-state index is 12.7. The number of aryl methyl sites for hydroxylation is 1. The number of nitrogens with zero attached hydrogens (tertiary/aromatic N) is 2. The molecule has 1 aliphatic rings. The number of ether oxygens (including phenoxy) is 1. The minimum atomic E-state index is -0.318. The molecule has 0 unspecified atom stereocenters. The molecule has 1 aromatic carbocycles. The zero-order valence-electron chi connectivity index (χ0n) is 18.0. The summed E-state index contributed by atoms with van der Waals surface area (Å²) in [6.07, 6.45) is 3.91. The molecule has 2 aromatic heterocycles. The summed E-state index contributed by atoms with van der Waals surface area (Å²) < 4.78 is 11.0. The number of fused-ring (bicyclic) bond motifs is 1. The SMILES string of the molecule is COc1ccc(C(=O)N/N=C2\CCCc3oc(C(=O)NCc4ccccn4)c(C)c32)cc1. The van der Waals surface area contributed by atoms with E-state index in [4.69, 9.17) is 9.15 Å². The van der Waals surface area contributed by atoms with Gasteiger partial charge in [-0.2, -0.15) is 5.10 Å². The van der Waals surface area contributed by atoms with Crippen LogP contribution in [0.3, 0.4) is 0 Å². The van der Waals surface area contributed by atoms with Crippen LogP contribution in [0.2, 0.25) is 0 Å². The molecule has 0 saturated heterocycles. The van der Waals surface area contributed by atoms with E-state index in [1.165, 1.54) is 0 Å². The molecular weight excluding hydrogens is 408 g/mol. The molecule has 4 rings (SSSR count). The molecule has 0 spiro atoms. The van der Waals surface area contributed by atoms with Gasteiger partial charge >= 0.3 is 0 Å². The van der Waals surface area contributed by atoms with E-state index in [9.17, 15) is 9.59 Å². The van der Waals surface area contributed by atoms with Crippen molar-refractivity contribution < 1.29 is 18.7 Å². The van der Waals surface area contributed by atoms with Crippen molar-refractivity contribution in [1.29, 1.82) is 0 Å². The standard InChI is InChI=1S/C24H24N4O4/c1-15-21-19(27-28-23(29)16-9-11-18(31-2)12-10-16)7-5-8-20(21)32-22(15)24(30)26-14-17-6-3-4-13-25-17/h3-4,6,9-13H,5,7-8,14H2,1-2H3,(H,26,30)(H,28,29)/b27-19+. The summed E-state index contributed by atoms with van der Waals surface area (Å²) in [5.74, 6) is 1.04. The summed E-state index contributed by atoms with van der Waals surface area (Å²) in [7, 11) is 1.57. The van der Waals surface area contributed by atoms with Crippen molar-refractivity contribution in [2.45, 2.75) is 32.7 Å². The van der Waals surface area contributed by atoms with Gasteiger partial charge < -0.3 is 14.5 Å². The first-order valence-electron chi connectivity index (χ1n) is 10.4. The number of carbonyl (C=O) groups excluding carboxylic acids is 2. The van der Waals surface area contributed by atoms with Crippen LogP contribution in [-0.4, -0.2) is 29.6 Å². The Morgan fingerprint density at radius 2 is 1.94 bits per heavy atom. The number of hydrogen-bond acceptors (Lipinski definition) is 6.